The number of hydrogen-bond donors (Lipinski definition) is 1. The summed E-state index contributed by atoms with van der Waals surface area (Å²) in [6.45, 7) is 5.97. The van der Waals surface area contributed by atoms with Crippen LogP contribution >= 0.6 is 43.5 Å². The highest BCUT2D eigenvalue weighted by Crippen LogP contribution is 2.34. The van der Waals surface area contributed by atoms with E-state index in [1.165, 1.54) is 0 Å². The fraction of sp³-hybridized carbons (Fsp3) is 0.400. The van der Waals surface area contributed by atoms with Gasteiger partial charge in [0, 0.05) is 16.0 Å². The van der Waals surface area contributed by atoms with Gasteiger partial charge in [-0.1, -0.05) is 41.4 Å². The van der Waals surface area contributed by atoms with Gasteiger partial charge in [0.25, 0.3) is 0 Å². The van der Waals surface area contributed by atoms with Crippen molar-refractivity contribution in [3.8, 4) is 0 Å². The van der Waals surface area contributed by atoms with Crippen molar-refractivity contribution >= 4 is 43.5 Å². The van der Waals surface area contributed by atoms with Crippen LogP contribution in [-0.2, 0) is 6.54 Å². The van der Waals surface area contributed by atoms with Gasteiger partial charge in [0.1, 0.15) is 0 Å². The van der Waals surface area contributed by atoms with Crippen LogP contribution in [0.2, 0.25) is 5.02 Å². The highest BCUT2D eigenvalue weighted by atomic mass is 79.9. The number of aromatic nitrogens is 2. The Morgan fingerprint density at radius 3 is 2.76 bits per heavy atom. The molecule has 2 rings (SSSR count). The van der Waals surface area contributed by atoms with Crippen LogP contribution in [-0.4, -0.2) is 16.3 Å². The molecule has 21 heavy (non-hydrogen) atoms. The molecule has 2 aromatic rings. The first kappa shape index (κ1) is 17.0. The van der Waals surface area contributed by atoms with E-state index in [9.17, 15) is 0 Å². The number of nitrogens with one attached hydrogen (secondary N) is 1. The van der Waals surface area contributed by atoms with Crippen LogP contribution in [0.5, 0.6) is 0 Å². The summed E-state index contributed by atoms with van der Waals surface area (Å²) in [7, 11) is 0. The molecule has 0 aliphatic rings. The Bertz CT molecular complexity index is 613. The van der Waals surface area contributed by atoms with Gasteiger partial charge in [-0.05, 0) is 52.7 Å². The Morgan fingerprint density at radius 1 is 1.33 bits per heavy atom. The van der Waals surface area contributed by atoms with Crippen LogP contribution < -0.4 is 5.32 Å². The Labute approximate surface area is 147 Å². The normalized spacial score (nSPS) is 12.6. The third-order valence-electron chi connectivity index (χ3n) is 3.22. The first-order chi connectivity index (χ1) is 10.1. The Kier molecular flexibility index (Phi) is 6.29. The molecule has 6 heteroatoms. The molecule has 3 nitrogen and oxygen atoms in total. The monoisotopic (exact) mass is 433 g/mol. The second-order valence-corrected chi connectivity index (χ2v) is 6.93. The maximum absolute atomic E-state index is 6.42. The summed E-state index contributed by atoms with van der Waals surface area (Å²) in [4.78, 5) is 0. The van der Waals surface area contributed by atoms with E-state index in [1.54, 1.807) is 0 Å². The van der Waals surface area contributed by atoms with Crippen LogP contribution in [0.15, 0.2) is 33.3 Å². The lowest BCUT2D eigenvalue weighted by molar-refractivity contribution is 0.519. The zero-order chi connectivity index (χ0) is 15.4. The molecule has 1 unspecified atom stereocenters. The van der Waals surface area contributed by atoms with E-state index in [0.717, 1.165) is 44.7 Å². The van der Waals surface area contributed by atoms with Gasteiger partial charge in [-0.2, -0.15) is 5.10 Å². The maximum atomic E-state index is 6.42. The average molecular weight is 436 g/mol. The molecule has 1 N–H and O–H groups in total. The van der Waals surface area contributed by atoms with Gasteiger partial charge < -0.3 is 5.32 Å². The van der Waals surface area contributed by atoms with Crippen LogP contribution in [0.1, 0.15) is 37.6 Å². The van der Waals surface area contributed by atoms with Gasteiger partial charge in [-0.15, -0.1) is 0 Å². The molecular formula is C15H18Br2ClN3. The molecule has 0 saturated heterocycles. The molecule has 1 heterocycles. The predicted molar refractivity (Wildman–Crippen MR) is 94.9 cm³/mol. The SMILES string of the molecule is CCCn1ncc(Br)c1C(NCC)c1cc(Br)ccc1Cl. The first-order valence-electron chi connectivity index (χ1n) is 6.98. The van der Waals surface area contributed by atoms with Gasteiger partial charge in [0.2, 0.25) is 0 Å². The minimum Gasteiger partial charge on any atom is -0.305 e. The largest absolute Gasteiger partial charge is 0.305 e. The van der Waals surface area contributed by atoms with Crippen molar-refractivity contribution in [1.29, 1.82) is 0 Å². The number of halogens is 3. The molecule has 0 spiro atoms. The smallest absolute Gasteiger partial charge is 0.0774 e. The van der Waals surface area contributed by atoms with Crippen LogP contribution in [0.25, 0.3) is 0 Å². The van der Waals surface area contributed by atoms with Gasteiger partial charge in [-0.25, -0.2) is 0 Å². The Balaban J connectivity index is 2.53. The van der Waals surface area contributed by atoms with Crippen molar-refractivity contribution in [3.63, 3.8) is 0 Å². The van der Waals surface area contributed by atoms with E-state index < -0.39 is 0 Å². The fourth-order valence-corrected chi connectivity index (χ4v) is 3.47. The lowest BCUT2D eigenvalue weighted by Gasteiger charge is -2.22. The summed E-state index contributed by atoms with van der Waals surface area (Å²) in [5.41, 5.74) is 2.16. The number of rotatable bonds is 6. The minimum atomic E-state index is 0.00317. The highest BCUT2D eigenvalue weighted by Gasteiger charge is 2.23. The summed E-state index contributed by atoms with van der Waals surface area (Å²) >= 11 is 13.6. The Morgan fingerprint density at radius 2 is 2.10 bits per heavy atom. The second-order valence-electron chi connectivity index (χ2n) is 4.76. The van der Waals surface area contributed by atoms with Crippen LogP contribution in [0.4, 0.5) is 0 Å². The van der Waals surface area contributed by atoms with E-state index in [1.807, 2.05) is 23.0 Å². The molecule has 0 amide bonds. The topological polar surface area (TPSA) is 29.9 Å². The lowest BCUT2D eigenvalue weighted by atomic mass is 10.0. The standard InChI is InChI=1S/C15H18Br2ClN3/c1-3-7-21-15(12(17)9-20-21)14(19-4-2)11-8-10(16)5-6-13(11)18/h5-6,8-9,14,19H,3-4,7H2,1-2H3. The van der Waals surface area contributed by atoms with Crippen LogP contribution in [0, 0.1) is 0 Å². The molecule has 0 fully saturated rings. The molecule has 1 aromatic carbocycles. The summed E-state index contributed by atoms with van der Waals surface area (Å²) in [6.07, 6.45) is 2.88. The summed E-state index contributed by atoms with van der Waals surface area (Å²) < 4.78 is 4.05. The van der Waals surface area contributed by atoms with E-state index >= 15 is 0 Å². The molecular weight excluding hydrogens is 417 g/mol. The molecule has 1 aromatic heterocycles. The second kappa shape index (κ2) is 7.77. The predicted octanol–water partition coefficient (Wildman–Crippen LogP) is 5.17. The van der Waals surface area contributed by atoms with Gasteiger partial charge in [-0.3, -0.25) is 4.68 Å². The van der Waals surface area contributed by atoms with Crippen molar-refractivity contribution in [2.24, 2.45) is 0 Å². The number of hydrogen-bond acceptors (Lipinski definition) is 2. The fourth-order valence-electron chi connectivity index (χ4n) is 2.34. The maximum Gasteiger partial charge on any atom is 0.0774 e. The van der Waals surface area contributed by atoms with Crippen molar-refractivity contribution in [1.82, 2.24) is 15.1 Å². The van der Waals surface area contributed by atoms with Crippen molar-refractivity contribution in [2.75, 3.05) is 6.54 Å². The quantitative estimate of drug-likeness (QED) is 0.678. The number of benzene rings is 1. The van der Waals surface area contributed by atoms with Gasteiger partial charge >= 0.3 is 0 Å². The number of nitrogens with zero attached hydrogens (tertiary/aromatic N) is 2. The molecule has 0 aliphatic heterocycles. The molecule has 0 bridgehead atoms. The summed E-state index contributed by atoms with van der Waals surface area (Å²) in [5.74, 6) is 0. The van der Waals surface area contributed by atoms with Crippen molar-refractivity contribution < 1.29 is 0 Å². The zero-order valence-corrected chi connectivity index (χ0v) is 16.0. The summed E-state index contributed by atoms with van der Waals surface area (Å²) in [6, 6.07) is 5.93. The third-order valence-corrected chi connectivity index (χ3v) is 4.67. The molecule has 0 aliphatic carbocycles. The Hall–Kier alpha value is -0.360. The minimum absolute atomic E-state index is 0.00317. The third kappa shape index (κ3) is 3.89. The first-order valence-corrected chi connectivity index (χ1v) is 8.94. The zero-order valence-electron chi connectivity index (χ0n) is 12.0. The van der Waals surface area contributed by atoms with Crippen LogP contribution in [0.3, 0.4) is 0 Å². The molecule has 1 atom stereocenters. The molecule has 114 valence electrons. The molecule has 0 saturated carbocycles. The van der Waals surface area contributed by atoms with Gasteiger partial charge in [0.05, 0.1) is 22.4 Å². The van der Waals surface area contributed by atoms with E-state index in [-0.39, 0.29) is 6.04 Å². The average Bonchev–Trinajstić information content (AvgIpc) is 2.81. The van der Waals surface area contributed by atoms with E-state index in [2.05, 4.69) is 62.2 Å². The van der Waals surface area contributed by atoms with E-state index in [0.29, 0.717) is 0 Å². The van der Waals surface area contributed by atoms with Crippen molar-refractivity contribution in [2.45, 2.75) is 32.9 Å². The highest BCUT2D eigenvalue weighted by molar-refractivity contribution is 9.10. The number of aryl methyl sites for hydroxylation is 1. The van der Waals surface area contributed by atoms with E-state index in [4.69, 9.17) is 11.6 Å². The van der Waals surface area contributed by atoms with Crippen molar-refractivity contribution in [3.05, 3.63) is 49.6 Å². The summed E-state index contributed by atoms with van der Waals surface area (Å²) in [5, 5.41) is 8.72. The molecule has 0 radical (unpaired) electrons. The van der Waals surface area contributed by atoms with Gasteiger partial charge in [0.15, 0.2) is 0 Å². The lowest BCUT2D eigenvalue weighted by Crippen LogP contribution is -2.25.